The fourth-order valence-corrected chi connectivity index (χ4v) is 2.32. The van der Waals surface area contributed by atoms with Crippen LogP contribution in [0.15, 0.2) is 59.3 Å². The highest BCUT2D eigenvalue weighted by atomic mass is 79.9. The van der Waals surface area contributed by atoms with Gasteiger partial charge in [0.05, 0.1) is 13.4 Å². The molecule has 0 bridgehead atoms. The summed E-state index contributed by atoms with van der Waals surface area (Å²) in [5.74, 6) is 0. The van der Waals surface area contributed by atoms with Gasteiger partial charge < -0.3 is 4.74 Å². The maximum absolute atomic E-state index is 5.22. The molecule has 2 rings (SSSR count). The average Bonchev–Trinajstić information content (AvgIpc) is 2.38. The van der Waals surface area contributed by atoms with Gasteiger partial charge in [-0.25, -0.2) is 0 Å². The van der Waals surface area contributed by atoms with E-state index in [4.69, 9.17) is 4.74 Å². The van der Waals surface area contributed by atoms with Gasteiger partial charge in [-0.1, -0.05) is 64.0 Å². The maximum atomic E-state index is 5.22. The number of methoxy groups -OCH3 is 1. The van der Waals surface area contributed by atoms with Crippen LogP contribution in [0.2, 0.25) is 0 Å². The van der Waals surface area contributed by atoms with E-state index >= 15 is 0 Å². The zero-order chi connectivity index (χ0) is 13.0. The molecule has 0 saturated heterocycles. The number of hydrogen-bond donors (Lipinski definition) is 0. The van der Waals surface area contributed by atoms with E-state index in [0.717, 1.165) is 21.2 Å². The summed E-state index contributed by atoms with van der Waals surface area (Å²) in [6.07, 6.45) is 1.78. The second kappa shape index (κ2) is 5.87. The van der Waals surface area contributed by atoms with Crippen molar-refractivity contribution in [2.24, 2.45) is 0 Å². The third-order valence-corrected chi connectivity index (χ3v) is 3.45. The molecule has 0 N–H and O–H groups in total. The SMILES string of the molecule is CO/C=C(/c1ccc(C)cc1)c1ccccc1Br. The maximum Gasteiger partial charge on any atom is 0.0909 e. The Bertz CT molecular complexity index is 556. The van der Waals surface area contributed by atoms with Crippen LogP contribution in [-0.4, -0.2) is 7.11 Å². The Kier molecular flexibility index (Phi) is 4.21. The van der Waals surface area contributed by atoms with Crippen molar-refractivity contribution in [1.82, 2.24) is 0 Å². The lowest BCUT2D eigenvalue weighted by Crippen LogP contribution is -1.90. The summed E-state index contributed by atoms with van der Waals surface area (Å²) in [5.41, 5.74) is 4.60. The van der Waals surface area contributed by atoms with E-state index in [0.29, 0.717) is 0 Å². The van der Waals surface area contributed by atoms with Crippen LogP contribution in [0.4, 0.5) is 0 Å². The molecule has 0 radical (unpaired) electrons. The lowest BCUT2D eigenvalue weighted by molar-refractivity contribution is 0.340. The van der Waals surface area contributed by atoms with Crippen molar-refractivity contribution in [3.63, 3.8) is 0 Å². The Morgan fingerprint density at radius 2 is 1.72 bits per heavy atom. The van der Waals surface area contributed by atoms with E-state index in [9.17, 15) is 0 Å². The normalized spacial score (nSPS) is 11.4. The Balaban J connectivity index is 2.51. The Hall–Kier alpha value is -1.54. The molecule has 2 aromatic carbocycles. The van der Waals surface area contributed by atoms with Crippen molar-refractivity contribution < 1.29 is 4.74 Å². The Morgan fingerprint density at radius 3 is 2.33 bits per heavy atom. The van der Waals surface area contributed by atoms with Crippen molar-refractivity contribution >= 4 is 21.5 Å². The summed E-state index contributed by atoms with van der Waals surface area (Å²) in [5, 5.41) is 0. The minimum atomic E-state index is 1.06. The van der Waals surface area contributed by atoms with Crippen molar-refractivity contribution in [2.45, 2.75) is 6.92 Å². The van der Waals surface area contributed by atoms with Crippen molar-refractivity contribution in [2.75, 3.05) is 7.11 Å². The van der Waals surface area contributed by atoms with Gasteiger partial charge in [-0.15, -0.1) is 0 Å². The highest BCUT2D eigenvalue weighted by Crippen LogP contribution is 2.29. The summed E-state index contributed by atoms with van der Waals surface area (Å²) < 4.78 is 6.28. The van der Waals surface area contributed by atoms with Gasteiger partial charge in [-0.2, -0.15) is 0 Å². The number of benzene rings is 2. The van der Waals surface area contributed by atoms with Gasteiger partial charge in [0.1, 0.15) is 0 Å². The second-order valence-electron chi connectivity index (χ2n) is 4.11. The number of aryl methyl sites for hydroxylation is 1. The van der Waals surface area contributed by atoms with E-state index in [1.807, 2.05) is 18.2 Å². The molecule has 0 aliphatic rings. The van der Waals surface area contributed by atoms with Crippen LogP contribution in [0.3, 0.4) is 0 Å². The fraction of sp³-hybridized carbons (Fsp3) is 0.125. The first-order chi connectivity index (χ1) is 8.72. The van der Waals surface area contributed by atoms with Gasteiger partial charge in [0.25, 0.3) is 0 Å². The summed E-state index contributed by atoms with van der Waals surface area (Å²) in [4.78, 5) is 0. The van der Waals surface area contributed by atoms with Gasteiger partial charge in [0, 0.05) is 10.0 Å². The van der Waals surface area contributed by atoms with Gasteiger partial charge in [-0.3, -0.25) is 0 Å². The zero-order valence-corrected chi connectivity index (χ0v) is 12.1. The van der Waals surface area contributed by atoms with E-state index in [2.05, 4.69) is 53.2 Å². The number of halogens is 1. The molecule has 0 spiro atoms. The first-order valence-electron chi connectivity index (χ1n) is 5.77. The van der Waals surface area contributed by atoms with E-state index in [1.54, 1.807) is 13.4 Å². The molecule has 2 aromatic rings. The summed E-state index contributed by atoms with van der Waals surface area (Å²) in [7, 11) is 1.67. The first kappa shape index (κ1) is 12.9. The molecule has 92 valence electrons. The molecule has 0 aromatic heterocycles. The molecule has 0 amide bonds. The van der Waals surface area contributed by atoms with E-state index in [1.165, 1.54) is 5.56 Å². The molecule has 1 nitrogen and oxygen atoms in total. The van der Waals surface area contributed by atoms with Crippen molar-refractivity contribution in [1.29, 1.82) is 0 Å². The van der Waals surface area contributed by atoms with Crippen LogP contribution >= 0.6 is 15.9 Å². The molecular weight excluding hydrogens is 288 g/mol. The van der Waals surface area contributed by atoms with Gasteiger partial charge in [-0.05, 0) is 24.1 Å². The minimum absolute atomic E-state index is 1.06. The molecule has 2 heteroatoms. The van der Waals surface area contributed by atoms with Crippen LogP contribution in [-0.2, 0) is 4.74 Å². The van der Waals surface area contributed by atoms with Crippen molar-refractivity contribution in [3.8, 4) is 0 Å². The molecule has 18 heavy (non-hydrogen) atoms. The van der Waals surface area contributed by atoms with Crippen LogP contribution < -0.4 is 0 Å². The Labute approximate surface area is 116 Å². The summed E-state index contributed by atoms with van der Waals surface area (Å²) >= 11 is 3.58. The van der Waals surface area contributed by atoms with Gasteiger partial charge in [0.15, 0.2) is 0 Å². The van der Waals surface area contributed by atoms with Crippen LogP contribution in [0.1, 0.15) is 16.7 Å². The molecule has 0 unspecified atom stereocenters. The summed E-state index contributed by atoms with van der Waals surface area (Å²) in [6.45, 7) is 2.09. The quantitative estimate of drug-likeness (QED) is 0.741. The number of hydrogen-bond acceptors (Lipinski definition) is 1. The molecule has 0 aliphatic heterocycles. The monoisotopic (exact) mass is 302 g/mol. The highest BCUT2D eigenvalue weighted by Gasteiger charge is 2.08. The second-order valence-corrected chi connectivity index (χ2v) is 4.97. The van der Waals surface area contributed by atoms with Gasteiger partial charge >= 0.3 is 0 Å². The third-order valence-electron chi connectivity index (χ3n) is 2.76. The molecule has 0 atom stereocenters. The molecule has 0 fully saturated rings. The topological polar surface area (TPSA) is 9.23 Å². The van der Waals surface area contributed by atoms with Crippen LogP contribution in [0.5, 0.6) is 0 Å². The lowest BCUT2D eigenvalue weighted by Gasteiger charge is -2.10. The lowest BCUT2D eigenvalue weighted by atomic mass is 9.98. The van der Waals surface area contributed by atoms with E-state index in [-0.39, 0.29) is 0 Å². The predicted octanol–water partition coefficient (Wildman–Crippen LogP) is 4.79. The third kappa shape index (κ3) is 2.82. The average molecular weight is 303 g/mol. The van der Waals surface area contributed by atoms with Crippen LogP contribution in [0.25, 0.3) is 5.57 Å². The summed E-state index contributed by atoms with van der Waals surface area (Å²) in [6, 6.07) is 16.6. The Morgan fingerprint density at radius 1 is 1.06 bits per heavy atom. The number of ether oxygens (including phenoxy) is 1. The van der Waals surface area contributed by atoms with Gasteiger partial charge in [0.2, 0.25) is 0 Å². The largest absolute Gasteiger partial charge is 0.504 e. The smallest absolute Gasteiger partial charge is 0.0909 e. The van der Waals surface area contributed by atoms with E-state index < -0.39 is 0 Å². The molecule has 0 heterocycles. The van der Waals surface area contributed by atoms with Crippen molar-refractivity contribution in [3.05, 3.63) is 76.0 Å². The predicted molar refractivity (Wildman–Crippen MR) is 79.4 cm³/mol. The molecule has 0 aliphatic carbocycles. The highest BCUT2D eigenvalue weighted by molar-refractivity contribution is 9.10. The zero-order valence-electron chi connectivity index (χ0n) is 10.5. The number of rotatable bonds is 3. The molecular formula is C16H15BrO. The molecule has 0 saturated carbocycles. The standard InChI is InChI=1S/C16H15BrO/c1-12-7-9-13(10-8-12)15(11-18-2)14-5-3-4-6-16(14)17/h3-11H,1-2H3/b15-11-. The fourth-order valence-electron chi connectivity index (χ4n) is 1.82. The minimum Gasteiger partial charge on any atom is -0.504 e. The van der Waals surface area contributed by atoms with Crippen LogP contribution in [0, 0.1) is 6.92 Å². The first-order valence-corrected chi connectivity index (χ1v) is 6.56.